The Bertz CT molecular complexity index is 725. The van der Waals surface area contributed by atoms with Crippen LogP contribution in [0, 0.1) is 12.8 Å². The quantitative estimate of drug-likeness (QED) is 0.754. The van der Waals surface area contributed by atoms with E-state index in [1.807, 2.05) is 31.0 Å². The number of amides is 1. The first-order chi connectivity index (χ1) is 11.5. The van der Waals surface area contributed by atoms with Crippen molar-refractivity contribution in [2.24, 2.45) is 5.92 Å². The minimum atomic E-state index is 0.0575. The van der Waals surface area contributed by atoms with E-state index >= 15 is 0 Å². The van der Waals surface area contributed by atoms with E-state index < -0.39 is 0 Å². The Morgan fingerprint density at radius 1 is 1.42 bits per heavy atom. The van der Waals surface area contributed by atoms with Crippen molar-refractivity contribution in [3.8, 4) is 5.75 Å². The fourth-order valence-corrected chi connectivity index (χ4v) is 3.72. The molecule has 2 aromatic rings. The highest BCUT2D eigenvalue weighted by Crippen LogP contribution is 2.35. The lowest BCUT2D eigenvalue weighted by Gasteiger charge is -2.24. The zero-order valence-electron chi connectivity index (χ0n) is 14.1. The van der Waals surface area contributed by atoms with Gasteiger partial charge >= 0.3 is 0 Å². The fraction of sp³-hybridized carbons (Fsp3) is 0.444. The SMILES string of the molecule is Cc1nc(COc2ccc(Cl)cc2)sc1C(=O)N(C)C(C)C1CC1. The van der Waals surface area contributed by atoms with Gasteiger partial charge in [0.1, 0.15) is 22.2 Å². The molecular formula is C18H21ClN2O2S. The second-order valence-corrected chi connectivity index (χ2v) is 7.78. The molecule has 3 rings (SSSR count). The summed E-state index contributed by atoms with van der Waals surface area (Å²) < 4.78 is 5.72. The van der Waals surface area contributed by atoms with E-state index in [9.17, 15) is 4.79 Å². The van der Waals surface area contributed by atoms with Gasteiger partial charge in [-0.1, -0.05) is 11.6 Å². The van der Waals surface area contributed by atoms with Crippen molar-refractivity contribution in [2.75, 3.05) is 7.05 Å². The highest BCUT2D eigenvalue weighted by Gasteiger charge is 2.33. The summed E-state index contributed by atoms with van der Waals surface area (Å²) in [4.78, 5) is 19.7. The third-order valence-corrected chi connectivity index (χ3v) is 5.82. The van der Waals surface area contributed by atoms with Crippen LogP contribution in [0.5, 0.6) is 5.75 Å². The number of hydrogen-bond donors (Lipinski definition) is 0. The van der Waals surface area contributed by atoms with Crippen LogP contribution in [0.25, 0.3) is 0 Å². The number of carbonyl (C=O) groups is 1. The van der Waals surface area contributed by atoms with Gasteiger partial charge in [0.15, 0.2) is 0 Å². The van der Waals surface area contributed by atoms with E-state index in [1.165, 1.54) is 24.2 Å². The number of benzene rings is 1. The lowest BCUT2D eigenvalue weighted by Crippen LogP contribution is -2.36. The Morgan fingerprint density at radius 2 is 2.08 bits per heavy atom. The van der Waals surface area contributed by atoms with Gasteiger partial charge in [0, 0.05) is 18.1 Å². The standard InChI is InChI=1S/C18H21ClN2O2S/c1-11-17(18(22)21(3)12(2)13-4-5-13)24-16(20-11)10-23-15-8-6-14(19)7-9-15/h6-9,12-13H,4-5,10H2,1-3H3. The van der Waals surface area contributed by atoms with E-state index in [4.69, 9.17) is 16.3 Å². The molecule has 0 saturated heterocycles. The van der Waals surface area contributed by atoms with Gasteiger partial charge in [-0.25, -0.2) is 4.98 Å². The Balaban J connectivity index is 1.65. The highest BCUT2D eigenvalue weighted by atomic mass is 35.5. The monoisotopic (exact) mass is 364 g/mol. The molecule has 1 aromatic heterocycles. The van der Waals surface area contributed by atoms with E-state index in [0.717, 1.165) is 16.5 Å². The predicted molar refractivity (Wildman–Crippen MR) is 96.9 cm³/mol. The van der Waals surface area contributed by atoms with Gasteiger partial charge in [0.2, 0.25) is 0 Å². The molecule has 1 atom stereocenters. The maximum absolute atomic E-state index is 12.7. The summed E-state index contributed by atoms with van der Waals surface area (Å²) in [6.07, 6.45) is 2.45. The van der Waals surface area contributed by atoms with Gasteiger partial charge in [-0.2, -0.15) is 0 Å². The molecule has 1 heterocycles. The Morgan fingerprint density at radius 3 is 2.71 bits per heavy atom. The lowest BCUT2D eigenvalue weighted by atomic mass is 10.2. The van der Waals surface area contributed by atoms with E-state index in [-0.39, 0.29) is 11.9 Å². The Hall–Kier alpha value is -1.59. The maximum Gasteiger partial charge on any atom is 0.265 e. The molecule has 0 N–H and O–H groups in total. The summed E-state index contributed by atoms with van der Waals surface area (Å²) in [5.74, 6) is 1.45. The van der Waals surface area contributed by atoms with Crippen LogP contribution >= 0.6 is 22.9 Å². The fourth-order valence-electron chi connectivity index (χ4n) is 2.63. The van der Waals surface area contributed by atoms with Crippen molar-refractivity contribution in [3.63, 3.8) is 0 Å². The van der Waals surface area contributed by atoms with Crippen LogP contribution in [0.2, 0.25) is 5.02 Å². The van der Waals surface area contributed by atoms with Gasteiger partial charge in [0.05, 0.1) is 5.69 Å². The number of hydrogen-bond acceptors (Lipinski definition) is 4. The normalized spacial score (nSPS) is 15.2. The van der Waals surface area contributed by atoms with Gasteiger partial charge in [-0.05, 0) is 56.9 Å². The average molecular weight is 365 g/mol. The van der Waals surface area contributed by atoms with Crippen molar-refractivity contribution in [2.45, 2.75) is 39.3 Å². The molecule has 1 unspecified atom stereocenters. The number of ether oxygens (including phenoxy) is 1. The van der Waals surface area contributed by atoms with Crippen molar-refractivity contribution < 1.29 is 9.53 Å². The summed E-state index contributed by atoms with van der Waals surface area (Å²) in [7, 11) is 1.88. The minimum Gasteiger partial charge on any atom is -0.486 e. The van der Waals surface area contributed by atoms with Crippen LogP contribution < -0.4 is 4.74 Å². The number of carbonyl (C=O) groups excluding carboxylic acids is 1. The van der Waals surface area contributed by atoms with Gasteiger partial charge in [0.25, 0.3) is 5.91 Å². The van der Waals surface area contributed by atoms with E-state index in [1.54, 1.807) is 12.1 Å². The van der Waals surface area contributed by atoms with Crippen molar-refractivity contribution in [1.29, 1.82) is 0 Å². The molecule has 1 saturated carbocycles. The molecule has 4 nitrogen and oxygen atoms in total. The number of rotatable bonds is 6. The number of halogens is 1. The zero-order chi connectivity index (χ0) is 17.3. The van der Waals surface area contributed by atoms with Gasteiger partial charge in [-0.3, -0.25) is 4.79 Å². The molecule has 0 radical (unpaired) electrons. The molecule has 1 fully saturated rings. The molecule has 6 heteroatoms. The molecule has 24 heavy (non-hydrogen) atoms. The van der Waals surface area contributed by atoms with Crippen LogP contribution in [0.15, 0.2) is 24.3 Å². The number of thiazole rings is 1. The molecule has 1 aliphatic carbocycles. The predicted octanol–water partition coefficient (Wildman–Crippen LogP) is 4.55. The van der Waals surface area contributed by atoms with E-state index in [0.29, 0.717) is 22.4 Å². The second-order valence-electron chi connectivity index (χ2n) is 6.26. The van der Waals surface area contributed by atoms with Crippen LogP contribution in [-0.4, -0.2) is 28.9 Å². The van der Waals surface area contributed by atoms with Crippen molar-refractivity contribution >= 4 is 28.8 Å². The first-order valence-corrected chi connectivity index (χ1v) is 9.27. The molecule has 1 aliphatic rings. The summed E-state index contributed by atoms with van der Waals surface area (Å²) in [5.41, 5.74) is 0.773. The molecule has 0 bridgehead atoms. The van der Waals surface area contributed by atoms with Crippen molar-refractivity contribution in [3.05, 3.63) is 44.9 Å². The van der Waals surface area contributed by atoms with Crippen molar-refractivity contribution in [1.82, 2.24) is 9.88 Å². The zero-order valence-corrected chi connectivity index (χ0v) is 15.7. The average Bonchev–Trinajstić information content (AvgIpc) is 3.35. The Labute approximate surface area is 151 Å². The number of nitrogens with zero attached hydrogens (tertiary/aromatic N) is 2. The van der Waals surface area contributed by atoms with Crippen LogP contribution in [-0.2, 0) is 6.61 Å². The summed E-state index contributed by atoms with van der Waals surface area (Å²) in [6, 6.07) is 7.49. The van der Waals surface area contributed by atoms with Crippen LogP contribution in [0.3, 0.4) is 0 Å². The second kappa shape index (κ2) is 7.11. The molecule has 0 spiro atoms. The van der Waals surface area contributed by atoms with Gasteiger partial charge in [-0.15, -0.1) is 11.3 Å². The number of aryl methyl sites for hydroxylation is 1. The highest BCUT2D eigenvalue weighted by molar-refractivity contribution is 7.13. The van der Waals surface area contributed by atoms with Gasteiger partial charge < -0.3 is 9.64 Å². The summed E-state index contributed by atoms with van der Waals surface area (Å²) in [5, 5.41) is 1.48. The third-order valence-electron chi connectivity index (χ3n) is 4.45. The summed E-state index contributed by atoms with van der Waals surface area (Å²) in [6.45, 7) is 4.35. The molecule has 0 aliphatic heterocycles. The number of aromatic nitrogens is 1. The van der Waals surface area contributed by atoms with Crippen LogP contribution in [0.1, 0.15) is 40.1 Å². The lowest BCUT2D eigenvalue weighted by molar-refractivity contribution is 0.0731. The molecule has 1 aromatic carbocycles. The third kappa shape index (κ3) is 3.90. The topological polar surface area (TPSA) is 42.4 Å². The maximum atomic E-state index is 12.7. The summed E-state index contributed by atoms with van der Waals surface area (Å²) >= 11 is 7.28. The van der Waals surface area contributed by atoms with E-state index in [2.05, 4.69) is 11.9 Å². The minimum absolute atomic E-state index is 0.0575. The first-order valence-electron chi connectivity index (χ1n) is 8.07. The first kappa shape index (κ1) is 17.2. The largest absolute Gasteiger partial charge is 0.486 e. The molecule has 1 amide bonds. The molecular weight excluding hydrogens is 344 g/mol. The smallest absolute Gasteiger partial charge is 0.265 e. The molecule has 128 valence electrons. The Kier molecular flexibility index (Phi) is 5.11. The van der Waals surface area contributed by atoms with Crippen LogP contribution in [0.4, 0.5) is 0 Å².